The molecule has 0 saturated carbocycles. The molecule has 114 valence electrons. The topological polar surface area (TPSA) is 39.1 Å². The zero-order valence-electron chi connectivity index (χ0n) is 13.0. The van der Waals surface area contributed by atoms with Gasteiger partial charge in [-0.3, -0.25) is 4.68 Å². The zero-order chi connectivity index (χ0) is 14.7. The fourth-order valence-electron chi connectivity index (χ4n) is 3.33. The van der Waals surface area contributed by atoms with Crippen molar-refractivity contribution in [3.8, 4) is 0 Å². The first-order valence-electron chi connectivity index (χ1n) is 8.05. The average molecular weight is 287 g/mol. The molecule has 2 atom stereocenters. The maximum Gasteiger partial charge on any atom is 0.0731 e. The van der Waals surface area contributed by atoms with Crippen molar-refractivity contribution in [3.05, 3.63) is 30.0 Å². The second-order valence-corrected chi connectivity index (χ2v) is 5.86. The predicted molar refractivity (Wildman–Crippen MR) is 85.5 cm³/mol. The molecule has 3 rings (SSSR count). The summed E-state index contributed by atoms with van der Waals surface area (Å²) in [6.45, 7) is 4.02. The van der Waals surface area contributed by atoms with Crippen molar-refractivity contribution >= 4 is 10.9 Å². The standard InChI is InChI=1S/C17H25N3O/c1-3-18-15(17-10-6-7-11-21-17)12-14-13-8-4-5-9-16(13)20(2)19-14/h4-5,8-9,15,17-18H,3,6-7,10-12H2,1-2H3. The number of aryl methyl sites for hydroxylation is 1. The highest BCUT2D eigenvalue weighted by Gasteiger charge is 2.25. The van der Waals surface area contributed by atoms with Crippen LogP contribution < -0.4 is 5.32 Å². The molecule has 1 aliphatic rings. The second kappa shape index (κ2) is 6.58. The minimum absolute atomic E-state index is 0.319. The SMILES string of the molecule is CCNC(Cc1nn(C)c2ccccc12)C1CCCCO1. The molecule has 2 aromatic rings. The minimum Gasteiger partial charge on any atom is -0.377 e. The molecule has 4 heteroatoms. The molecular weight excluding hydrogens is 262 g/mol. The van der Waals surface area contributed by atoms with Crippen LogP contribution >= 0.6 is 0 Å². The number of likely N-dealkylation sites (N-methyl/N-ethyl adjacent to an activating group) is 1. The lowest BCUT2D eigenvalue weighted by molar-refractivity contribution is -0.00723. The molecule has 0 amide bonds. The number of ether oxygens (including phenoxy) is 1. The van der Waals surface area contributed by atoms with Crippen LogP contribution in [-0.2, 0) is 18.2 Å². The van der Waals surface area contributed by atoms with Gasteiger partial charge in [0.05, 0.1) is 17.3 Å². The van der Waals surface area contributed by atoms with E-state index in [0.29, 0.717) is 12.1 Å². The third kappa shape index (κ3) is 3.11. The Labute approximate surface area is 126 Å². The van der Waals surface area contributed by atoms with Crippen LogP contribution in [0.2, 0.25) is 0 Å². The van der Waals surface area contributed by atoms with Crippen molar-refractivity contribution in [2.45, 2.75) is 44.8 Å². The van der Waals surface area contributed by atoms with E-state index in [9.17, 15) is 0 Å². The minimum atomic E-state index is 0.319. The first-order chi connectivity index (χ1) is 10.3. The summed E-state index contributed by atoms with van der Waals surface area (Å²) >= 11 is 0. The molecule has 2 unspecified atom stereocenters. The molecule has 1 aromatic carbocycles. The van der Waals surface area contributed by atoms with Gasteiger partial charge in [-0.1, -0.05) is 25.1 Å². The molecule has 1 N–H and O–H groups in total. The number of benzene rings is 1. The van der Waals surface area contributed by atoms with Gasteiger partial charge in [0.25, 0.3) is 0 Å². The van der Waals surface area contributed by atoms with E-state index >= 15 is 0 Å². The number of rotatable bonds is 5. The Morgan fingerprint density at radius 1 is 1.38 bits per heavy atom. The van der Waals surface area contributed by atoms with Gasteiger partial charge in [-0.15, -0.1) is 0 Å². The van der Waals surface area contributed by atoms with Gasteiger partial charge in [-0.25, -0.2) is 0 Å². The molecule has 0 bridgehead atoms. The fraction of sp³-hybridized carbons (Fsp3) is 0.588. The van der Waals surface area contributed by atoms with Gasteiger partial charge in [0.1, 0.15) is 0 Å². The van der Waals surface area contributed by atoms with E-state index in [2.05, 4.69) is 36.5 Å². The number of hydrogen-bond donors (Lipinski definition) is 1. The molecule has 1 fully saturated rings. The zero-order valence-corrected chi connectivity index (χ0v) is 13.0. The molecule has 21 heavy (non-hydrogen) atoms. The van der Waals surface area contributed by atoms with Gasteiger partial charge < -0.3 is 10.1 Å². The van der Waals surface area contributed by atoms with E-state index < -0.39 is 0 Å². The molecule has 1 saturated heterocycles. The maximum atomic E-state index is 5.99. The number of nitrogens with zero attached hydrogens (tertiary/aromatic N) is 2. The van der Waals surface area contributed by atoms with Crippen molar-refractivity contribution in [1.29, 1.82) is 0 Å². The molecule has 0 spiro atoms. The predicted octanol–water partition coefficient (Wildman–Crippen LogP) is 2.66. The van der Waals surface area contributed by atoms with Crippen LogP contribution in [0.4, 0.5) is 0 Å². The van der Waals surface area contributed by atoms with E-state index in [1.807, 2.05) is 11.7 Å². The van der Waals surface area contributed by atoms with E-state index in [-0.39, 0.29) is 0 Å². The molecule has 0 radical (unpaired) electrons. The summed E-state index contributed by atoms with van der Waals surface area (Å²) in [7, 11) is 2.02. The summed E-state index contributed by atoms with van der Waals surface area (Å²) in [6.07, 6.45) is 4.87. The summed E-state index contributed by atoms with van der Waals surface area (Å²) < 4.78 is 7.97. The highest BCUT2D eigenvalue weighted by molar-refractivity contribution is 5.81. The molecule has 4 nitrogen and oxygen atoms in total. The van der Waals surface area contributed by atoms with Crippen LogP contribution in [0.1, 0.15) is 31.9 Å². The number of aromatic nitrogens is 2. The summed E-state index contributed by atoms with van der Waals surface area (Å²) in [4.78, 5) is 0. The summed E-state index contributed by atoms with van der Waals surface area (Å²) in [5, 5.41) is 9.59. The molecule has 1 aliphatic heterocycles. The highest BCUT2D eigenvalue weighted by atomic mass is 16.5. The van der Waals surface area contributed by atoms with Gasteiger partial charge in [0, 0.05) is 31.5 Å². The Kier molecular flexibility index (Phi) is 4.56. The summed E-state index contributed by atoms with van der Waals surface area (Å²) in [5.74, 6) is 0. The fourth-order valence-corrected chi connectivity index (χ4v) is 3.33. The Hall–Kier alpha value is -1.39. The molecule has 1 aromatic heterocycles. The Bertz CT molecular complexity index is 587. The van der Waals surface area contributed by atoms with E-state index in [4.69, 9.17) is 9.84 Å². The van der Waals surface area contributed by atoms with Crippen molar-refractivity contribution in [1.82, 2.24) is 15.1 Å². The van der Waals surface area contributed by atoms with E-state index in [1.54, 1.807) is 0 Å². The van der Waals surface area contributed by atoms with Crippen LogP contribution in [0.5, 0.6) is 0 Å². The van der Waals surface area contributed by atoms with Gasteiger partial charge in [-0.05, 0) is 31.9 Å². The lowest BCUT2D eigenvalue weighted by Crippen LogP contribution is -2.44. The quantitative estimate of drug-likeness (QED) is 0.919. The van der Waals surface area contributed by atoms with Gasteiger partial charge in [-0.2, -0.15) is 5.10 Å². The lowest BCUT2D eigenvalue weighted by atomic mass is 9.97. The second-order valence-electron chi connectivity index (χ2n) is 5.86. The van der Waals surface area contributed by atoms with Gasteiger partial charge >= 0.3 is 0 Å². The van der Waals surface area contributed by atoms with Crippen molar-refractivity contribution in [3.63, 3.8) is 0 Å². The van der Waals surface area contributed by atoms with Crippen molar-refractivity contribution in [2.75, 3.05) is 13.2 Å². The summed E-state index contributed by atoms with van der Waals surface area (Å²) in [5.41, 5.74) is 2.38. The van der Waals surface area contributed by atoms with Crippen LogP contribution in [-0.4, -0.2) is 35.1 Å². The van der Waals surface area contributed by atoms with E-state index in [0.717, 1.165) is 26.0 Å². The van der Waals surface area contributed by atoms with Crippen LogP contribution in [0.3, 0.4) is 0 Å². The molecule has 2 heterocycles. The van der Waals surface area contributed by atoms with E-state index in [1.165, 1.54) is 29.4 Å². The number of para-hydroxylation sites is 1. The number of fused-ring (bicyclic) bond motifs is 1. The monoisotopic (exact) mass is 287 g/mol. The molecular formula is C17H25N3O. The first-order valence-corrected chi connectivity index (χ1v) is 8.05. The smallest absolute Gasteiger partial charge is 0.0731 e. The van der Waals surface area contributed by atoms with Crippen molar-refractivity contribution in [2.24, 2.45) is 7.05 Å². The number of hydrogen-bond acceptors (Lipinski definition) is 3. The van der Waals surface area contributed by atoms with Crippen LogP contribution in [0, 0.1) is 0 Å². The Balaban J connectivity index is 1.83. The summed E-state index contributed by atoms with van der Waals surface area (Å²) in [6, 6.07) is 8.81. The largest absolute Gasteiger partial charge is 0.377 e. The van der Waals surface area contributed by atoms with Gasteiger partial charge in [0.15, 0.2) is 0 Å². The average Bonchev–Trinajstić information content (AvgIpc) is 2.85. The maximum absolute atomic E-state index is 5.99. The highest BCUT2D eigenvalue weighted by Crippen LogP contribution is 2.22. The first kappa shape index (κ1) is 14.5. The third-order valence-corrected chi connectivity index (χ3v) is 4.38. The van der Waals surface area contributed by atoms with Gasteiger partial charge in [0.2, 0.25) is 0 Å². The normalized spacial score (nSPS) is 20.8. The third-order valence-electron chi connectivity index (χ3n) is 4.38. The van der Waals surface area contributed by atoms with Crippen molar-refractivity contribution < 1.29 is 4.74 Å². The Morgan fingerprint density at radius 2 is 2.24 bits per heavy atom. The van der Waals surface area contributed by atoms with Crippen LogP contribution in [0.15, 0.2) is 24.3 Å². The Morgan fingerprint density at radius 3 is 3.00 bits per heavy atom. The molecule has 0 aliphatic carbocycles. The van der Waals surface area contributed by atoms with Crippen LogP contribution in [0.25, 0.3) is 10.9 Å². The number of nitrogens with one attached hydrogen (secondary N) is 1. The lowest BCUT2D eigenvalue weighted by Gasteiger charge is -2.30.